The number of rotatable bonds is 8. The number of benzene rings is 2. The second-order valence-electron chi connectivity index (χ2n) is 8.16. The summed E-state index contributed by atoms with van der Waals surface area (Å²) in [7, 11) is 2.02. The van der Waals surface area contributed by atoms with Gasteiger partial charge in [0.15, 0.2) is 6.61 Å². The monoisotopic (exact) mass is 492 g/mol. The molecule has 188 valence electrons. The number of halogens is 3. The molecule has 8 nitrogen and oxygen atoms in total. The zero-order chi connectivity index (χ0) is 25.4. The van der Waals surface area contributed by atoms with Crippen LogP contribution in [0.5, 0.6) is 5.75 Å². The number of piperazine rings is 1. The first-order valence-electron chi connectivity index (χ1n) is 11.0. The number of nitrogens with one attached hydrogen (secondary N) is 2. The van der Waals surface area contributed by atoms with Crippen molar-refractivity contribution in [3.8, 4) is 5.75 Å². The highest BCUT2D eigenvalue weighted by Crippen LogP contribution is 2.30. The van der Waals surface area contributed by atoms with Gasteiger partial charge in [0, 0.05) is 38.3 Å². The van der Waals surface area contributed by atoms with Crippen molar-refractivity contribution >= 4 is 17.7 Å². The summed E-state index contributed by atoms with van der Waals surface area (Å²) < 4.78 is 42.8. The molecule has 0 atom stereocenters. The van der Waals surface area contributed by atoms with Crippen LogP contribution in [0.4, 0.5) is 13.2 Å². The van der Waals surface area contributed by atoms with Gasteiger partial charge in [-0.2, -0.15) is 13.2 Å². The Morgan fingerprint density at radius 3 is 2.11 bits per heavy atom. The first-order chi connectivity index (χ1) is 16.6. The number of nitrogens with zero attached hydrogens (tertiary/aromatic N) is 2. The van der Waals surface area contributed by atoms with Crippen molar-refractivity contribution in [2.45, 2.75) is 12.7 Å². The zero-order valence-electron chi connectivity index (χ0n) is 19.2. The maximum Gasteiger partial charge on any atom is 0.416 e. The fourth-order valence-electron chi connectivity index (χ4n) is 3.34. The molecule has 11 heteroatoms. The van der Waals surface area contributed by atoms with Crippen molar-refractivity contribution in [3.63, 3.8) is 0 Å². The Hall–Kier alpha value is -3.60. The maximum absolute atomic E-state index is 12.6. The minimum Gasteiger partial charge on any atom is -0.484 e. The van der Waals surface area contributed by atoms with Crippen LogP contribution < -0.4 is 15.4 Å². The van der Waals surface area contributed by atoms with Crippen molar-refractivity contribution < 1.29 is 32.3 Å². The molecule has 2 N–H and O–H groups in total. The lowest BCUT2D eigenvalue weighted by molar-refractivity contribution is -0.137. The third-order valence-electron chi connectivity index (χ3n) is 5.48. The molecule has 0 aliphatic carbocycles. The number of amides is 3. The molecule has 1 saturated heterocycles. The molecule has 1 fully saturated rings. The molecule has 35 heavy (non-hydrogen) atoms. The van der Waals surface area contributed by atoms with Crippen molar-refractivity contribution in [1.29, 1.82) is 0 Å². The van der Waals surface area contributed by atoms with Gasteiger partial charge in [-0.15, -0.1) is 0 Å². The van der Waals surface area contributed by atoms with Gasteiger partial charge in [-0.1, -0.05) is 12.1 Å². The molecule has 2 aromatic carbocycles. The smallest absolute Gasteiger partial charge is 0.416 e. The lowest BCUT2D eigenvalue weighted by atomic mass is 10.1. The summed E-state index contributed by atoms with van der Waals surface area (Å²) in [6, 6.07) is 10.9. The highest BCUT2D eigenvalue weighted by Gasteiger charge is 2.30. The minimum absolute atomic E-state index is 0.0186. The van der Waals surface area contributed by atoms with Crippen LogP contribution in [0.1, 0.15) is 21.5 Å². The van der Waals surface area contributed by atoms with Crippen molar-refractivity contribution in [2.75, 3.05) is 46.4 Å². The van der Waals surface area contributed by atoms with Crippen LogP contribution in [-0.2, 0) is 22.3 Å². The number of carbonyl (C=O) groups is 3. The van der Waals surface area contributed by atoms with Gasteiger partial charge in [-0.05, 0) is 49.0 Å². The van der Waals surface area contributed by atoms with Gasteiger partial charge in [0.25, 0.3) is 11.8 Å². The van der Waals surface area contributed by atoms with Gasteiger partial charge < -0.3 is 25.2 Å². The summed E-state index contributed by atoms with van der Waals surface area (Å²) in [4.78, 5) is 40.4. The third kappa shape index (κ3) is 7.99. The average molecular weight is 492 g/mol. The summed E-state index contributed by atoms with van der Waals surface area (Å²) in [5, 5.41) is 5.04. The molecular formula is C24H27F3N4O4. The first kappa shape index (κ1) is 26.0. The van der Waals surface area contributed by atoms with E-state index in [-0.39, 0.29) is 24.7 Å². The molecule has 3 rings (SSSR count). The van der Waals surface area contributed by atoms with Crippen LogP contribution >= 0.6 is 0 Å². The van der Waals surface area contributed by atoms with E-state index in [1.807, 2.05) is 11.9 Å². The summed E-state index contributed by atoms with van der Waals surface area (Å²) in [5.74, 6) is -0.931. The Morgan fingerprint density at radius 2 is 1.51 bits per heavy atom. The van der Waals surface area contributed by atoms with Gasteiger partial charge in [0.1, 0.15) is 5.75 Å². The van der Waals surface area contributed by atoms with E-state index in [1.54, 1.807) is 24.3 Å². The maximum atomic E-state index is 12.6. The van der Waals surface area contributed by atoms with Crippen LogP contribution in [0.25, 0.3) is 0 Å². The van der Waals surface area contributed by atoms with E-state index in [0.29, 0.717) is 18.7 Å². The quantitative estimate of drug-likeness (QED) is 0.588. The molecule has 1 heterocycles. The molecule has 0 radical (unpaired) electrons. The predicted molar refractivity (Wildman–Crippen MR) is 122 cm³/mol. The van der Waals surface area contributed by atoms with Crippen LogP contribution in [0, 0.1) is 0 Å². The average Bonchev–Trinajstić information content (AvgIpc) is 2.85. The Bertz CT molecular complexity index is 1020. The second-order valence-corrected chi connectivity index (χ2v) is 8.16. The Balaban J connectivity index is 1.35. The first-order valence-corrected chi connectivity index (χ1v) is 11.0. The second kappa shape index (κ2) is 11.7. The molecule has 1 aliphatic heterocycles. The van der Waals surface area contributed by atoms with E-state index in [9.17, 15) is 27.6 Å². The molecule has 0 bridgehead atoms. The van der Waals surface area contributed by atoms with E-state index in [0.717, 1.165) is 42.9 Å². The Labute approximate surface area is 201 Å². The lowest BCUT2D eigenvalue weighted by Gasteiger charge is -2.32. The standard InChI is InChI=1S/C24H27F3N4O4/c1-30-10-12-31(13-11-30)23(34)18-4-2-17(3-5-18)14-28-21(32)15-29-22(33)16-35-20-8-6-19(7-9-20)24(25,26)27/h2-9H,10-16H2,1H3,(H,28,32)(H,29,33). The molecule has 0 unspecified atom stereocenters. The van der Waals surface area contributed by atoms with Gasteiger partial charge >= 0.3 is 6.18 Å². The summed E-state index contributed by atoms with van der Waals surface area (Å²) in [6.45, 7) is 2.56. The molecule has 3 amide bonds. The highest BCUT2D eigenvalue weighted by atomic mass is 19.4. The van der Waals surface area contributed by atoms with E-state index in [1.165, 1.54) is 0 Å². The summed E-state index contributed by atoms with van der Waals surface area (Å²) in [5.41, 5.74) is 0.567. The van der Waals surface area contributed by atoms with Gasteiger partial charge in [-0.25, -0.2) is 0 Å². The molecular weight excluding hydrogens is 465 g/mol. The van der Waals surface area contributed by atoms with Crippen LogP contribution in [-0.4, -0.2) is 73.9 Å². The number of hydrogen-bond acceptors (Lipinski definition) is 5. The van der Waals surface area contributed by atoms with E-state index < -0.39 is 30.2 Å². The SMILES string of the molecule is CN1CCN(C(=O)c2ccc(CNC(=O)CNC(=O)COc3ccc(C(F)(F)F)cc3)cc2)CC1. The van der Waals surface area contributed by atoms with E-state index in [4.69, 9.17) is 4.74 Å². The summed E-state index contributed by atoms with van der Waals surface area (Å²) in [6.07, 6.45) is -4.45. The van der Waals surface area contributed by atoms with Crippen molar-refractivity contribution in [1.82, 2.24) is 20.4 Å². The topological polar surface area (TPSA) is 91.0 Å². The fourth-order valence-corrected chi connectivity index (χ4v) is 3.34. The molecule has 1 aliphatic rings. The zero-order valence-corrected chi connectivity index (χ0v) is 19.2. The van der Waals surface area contributed by atoms with Gasteiger partial charge in [-0.3, -0.25) is 14.4 Å². The Kier molecular flexibility index (Phi) is 8.69. The predicted octanol–water partition coefficient (Wildman–Crippen LogP) is 1.90. The highest BCUT2D eigenvalue weighted by molar-refractivity contribution is 5.94. The number of alkyl halides is 3. The number of likely N-dealkylation sites (N-methyl/N-ethyl adjacent to an activating group) is 1. The van der Waals surface area contributed by atoms with Gasteiger partial charge in [0.2, 0.25) is 5.91 Å². The Morgan fingerprint density at radius 1 is 0.886 bits per heavy atom. The van der Waals surface area contributed by atoms with Crippen LogP contribution in [0.2, 0.25) is 0 Å². The van der Waals surface area contributed by atoms with E-state index in [2.05, 4.69) is 15.5 Å². The summed E-state index contributed by atoms with van der Waals surface area (Å²) >= 11 is 0. The van der Waals surface area contributed by atoms with Crippen LogP contribution in [0.3, 0.4) is 0 Å². The fraction of sp³-hybridized carbons (Fsp3) is 0.375. The largest absolute Gasteiger partial charge is 0.484 e. The third-order valence-corrected chi connectivity index (χ3v) is 5.48. The minimum atomic E-state index is -4.45. The van der Waals surface area contributed by atoms with Gasteiger partial charge in [0.05, 0.1) is 12.1 Å². The number of carbonyl (C=O) groups excluding carboxylic acids is 3. The normalized spacial score (nSPS) is 14.3. The van der Waals surface area contributed by atoms with Crippen molar-refractivity contribution in [2.24, 2.45) is 0 Å². The lowest BCUT2D eigenvalue weighted by Crippen LogP contribution is -2.47. The molecule has 0 spiro atoms. The number of hydrogen-bond donors (Lipinski definition) is 2. The molecule has 0 aromatic heterocycles. The van der Waals surface area contributed by atoms with E-state index >= 15 is 0 Å². The molecule has 0 saturated carbocycles. The van der Waals surface area contributed by atoms with Crippen molar-refractivity contribution in [3.05, 3.63) is 65.2 Å². The molecule has 2 aromatic rings. The van der Waals surface area contributed by atoms with Crippen LogP contribution in [0.15, 0.2) is 48.5 Å². The number of ether oxygens (including phenoxy) is 1.